The van der Waals surface area contributed by atoms with E-state index in [0.29, 0.717) is 11.6 Å². The molecule has 2 heterocycles. The molecule has 30 heavy (non-hydrogen) atoms. The minimum absolute atomic E-state index is 0.0700. The molecule has 3 aromatic carbocycles. The average Bonchev–Trinajstić information content (AvgIpc) is 3.20. The molecule has 152 valence electrons. The van der Waals surface area contributed by atoms with Crippen LogP contribution in [0.25, 0.3) is 0 Å². The molecule has 0 spiro atoms. The minimum atomic E-state index is -0.402. The zero-order chi connectivity index (χ0) is 20.7. The maximum atomic E-state index is 13.5. The number of para-hydroxylation sites is 1. The van der Waals surface area contributed by atoms with Crippen LogP contribution in [0.2, 0.25) is 0 Å². The van der Waals surface area contributed by atoms with E-state index in [1.54, 1.807) is 12.1 Å². The largest absolute Gasteiger partial charge is 0.377 e. The Hall–Kier alpha value is -2.98. The highest BCUT2D eigenvalue weighted by molar-refractivity contribution is 6.07. The molecule has 4 heteroatoms. The number of halogens is 1. The molecular formula is C26H25FN2O. The molecule has 0 aliphatic carbocycles. The van der Waals surface area contributed by atoms with E-state index in [-0.39, 0.29) is 17.6 Å². The van der Waals surface area contributed by atoms with Gasteiger partial charge in [0.2, 0.25) is 0 Å². The van der Waals surface area contributed by atoms with Gasteiger partial charge in [-0.15, -0.1) is 0 Å². The predicted octanol–water partition coefficient (Wildman–Crippen LogP) is 5.73. The molecule has 3 aromatic rings. The minimum Gasteiger partial charge on any atom is -0.377 e. The second-order valence-corrected chi connectivity index (χ2v) is 8.37. The van der Waals surface area contributed by atoms with Gasteiger partial charge < -0.3 is 5.32 Å². The maximum absolute atomic E-state index is 13.5. The van der Waals surface area contributed by atoms with Crippen molar-refractivity contribution >= 4 is 11.5 Å². The second-order valence-electron chi connectivity index (χ2n) is 8.37. The summed E-state index contributed by atoms with van der Waals surface area (Å²) in [6.07, 6.45) is 2.41. The lowest BCUT2D eigenvalue weighted by molar-refractivity contribution is 0.0945. The number of ketones is 1. The van der Waals surface area contributed by atoms with Gasteiger partial charge in [-0.1, -0.05) is 48.5 Å². The van der Waals surface area contributed by atoms with Crippen molar-refractivity contribution in [2.24, 2.45) is 0 Å². The number of benzene rings is 3. The average molecular weight is 400 g/mol. The van der Waals surface area contributed by atoms with Gasteiger partial charge in [-0.2, -0.15) is 0 Å². The van der Waals surface area contributed by atoms with Crippen LogP contribution < -0.4 is 5.32 Å². The highest BCUT2D eigenvalue weighted by Gasteiger charge is 2.37. The van der Waals surface area contributed by atoms with Crippen LogP contribution in [0.15, 0.2) is 72.8 Å². The van der Waals surface area contributed by atoms with Gasteiger partial charge in [0.05, 0.1) is 12.0 Å². The van der Waals surface area contributed by atoms with E-state index in [1.165, 1.54) is 30.5 Å². The molecule has 3 atom stereocenters. The number of hydrogen-bond donors (Lipinski definition) is 1. The number of Topliss-reactive ketones (excluding diaryl/α,β-unsaturated/α-hetero) is 1. The fourth-order valence-electron chi connectivity index (χ4n) is 4.94. The van der Waals surface area contributed by atoms with Crippen LogP contribution in [0.4, 0.5) is 10.1 Å². The van der Waals surface area contributed by atoms with Crippen molar-refractivity contribution in [3.63, 3.8) is 0 Å². The van der Waals surface area contributed by atoms with Crippen LogP contribution in [-0.4, -0.2) is 24.3 Å². The highest BCUT2D eigenvalue weighted by Crippen LogP contribution is 2.43. The first kappa shape index (κ1) is 19.0. The van der Waals surface area contributed by atoms with Crippen molar-refractivity contribution in [1.82, 2.24) is 4.90 Å². The monoisotopic (exact) mass is 400 g/mol. The zero-order valence-electron chi connectivity index (χ0n) is 17.0. The highest BCUT2D eigenvalue weighted by atomic mass is 19.1. The molecule has 0 bridgehead atoms. The summed E-state index contributed by atoms with van der Waals surface area (Å²) in [6.45, 7) is 1.13. The van der Waals surface area contributed by atoms with Crippen LogP contribution in [-0.2, 0) is 0 Å². The first-order valence-electron chi connectivity index (χ1n) is 10.6. The van der Waals surface area contributed by atoms with E-state index in [9.17, 15) is 9.18 Å². The summed E-state index contributed by atoms with van der Waals surface area (Å²) in [4.78, 5) is 15.9. The molecule has 0 saturated carbocycles. The molecule has 1 N–H and O–H groups in total. The van der Waals surface area contributed by atoms with Gasteiger partial charge in [0.15, 0.2) is 5.78 Å². The van der Waals surface area contributed by atoms with Gasteiger partial charge in [-0.3, -0.25) is 9.69 Å². The third-order valence-corrected chi connectivity index (χ3v) is 6.55. The summed E-state index contributed by atoms with van der Waals surface area (Å²) in [5, 5.41) is 3.58. The molecule has 1 saturated heterocycles. The lowest BCUT2D eigenvalue weighted by atomic mass is 9.78. The molecule has 2 aliphatic heterocycles. The van der Waals surface area contributed by atoms with E-state index < -0.39 is 5.92 Å². The number of likely N-dealkylation sites (tertiary alicyclic amines) is 1. The Morgan fingerprint density at radius 2 is 1.57 bits per heavy atom. The van der Waals surface area contributed by atoms with Gasteiger partial charge >= 0.3 is 0 Å². The molecule has 3 nitrogen and oxygen atoms in total. The van der Waals surface area contributed by atoms with Crippen LogP contribution in [0.1, 0.15) is 57.9 Å². The summed E-state index contributed by atoms with van der Waals surface area (Å²) in [5.74, 6) is -0.627. The van der Waals surface area contributed by atoms with E-state index >= 15 is 0 Å². The van der Waals surface area contributed by atoms with E-state index in [1.807, 2.05) is 24.3 Å². The fraction of sp³-hybridized carbons (Fsp3) is 0.269. The first-order valence-corrected chi connectivity index (χ1v) is 10.6. The van der Waals surface area contributed by atoms with Gasteiger partial charge in [-0.25, -0.2) is 4.39 Å². The Labute approximate surface area is 176 Å². The van der Waals surface area contributed by atoms with Crippen molar-refractivity contribution in [2.45, 2.75) is 30.8 Å². The zero-order valence-corrected chi connectivity index (χ0v) is 17.0. The van der Waals surface area contributed by atoms with E-state index in [4.69, 9.17) is 0 Å². The second kappa shape index (κ2) is 7.69. The van der Waals surface area contributed by atoms with Crippen LogP contribution in [0.3, 0.4) is 0 Å². The smallest absolute Gasteiger partial charge is 0.174 e. The third kappa shape index (κ3) is 3.31. The van der Waals surface area contributed by atoms with Crippen molar-refractivity contribution in [1.29, 1.82) is 0 Å². The topological polar surface area (TPSA) is 32.3 Å². The van der Waals surface area contributed by atoms with Crippen LogP contribution in [0.5, 0.6) is 0 Å². The summed E-state index contributed by atoms with van der Waals surface area (Å²) in [5.41, 5.74) is 4.75. The summed E-state index contributed by atoms with van der Waals surface area (Å²) < 4.78 is 13.5. The lowest BCUT2D eigenvalue weighted by Gasteiger charge is -2.34. The quantitative estimate of drug-likeness (QED) is 0.610. The van der Waals surface area contributed by atoms with Crippen molar-refractivity contribution in [2.75, 3.05) is 18.9 Å². The van der Waals surface area contributed by atoms with Crippen LogP contribution in [0, 0.1) is 5.82 Å². The van der Waals surface area contributed by atoms with Gasteiger partial charge in [0.25, 0.3) is 0 Å². The molecule has 0 aromatic heterocycles. The number of carbonyl (C=O) groups is 1. The van der Waals surface area contributed by atoms with Gasteiger partial charge in [-0.05, 0) is 67.4 Å². The van der Waals surface area contributed by atoms with Gasteiger partial charge in [0.1, 0.15) is 5.82 Å². The van der Waals surface area contributed by atoms with Crippen molar-refractivity contribution in [3.8, 4) is 0 Å². The summed E-state index contributed by atoms with van der Waals surface area (Å²) >= 11 is 0. The number of nitrogens with zero attached hydrogens (tertiary/aromatic N) is 1. The molecule has 0 amide bonds. The number of hydrogen-bond acceptors (Lipinski definition) is 3. The molecular weight excluding hydrogens is 375 g/mol. The van der Waals surface area contributed by atoms with Gasteiger partial charge in [0, 0.05) is 17.3 Å². The number of anilines is 1. The molecule has 3 unspecified atom stereocenters. The third-order valence-electron chi connectivity index (χ3n) is 6.55. The number of nitrogens with one attached hydrogen (secondary N) is 1. The van der Waals surface area contributed by atoms with Crippen molar-refractivity contribution in [3.05, 3.63) is 101 Å². The summed E-state index contributed by atoms with van der Waals surface area (Å²) in [7, 11) is 2.18. The SMILES string of the molecule is CN1CCCC1c1ccc(C2Nc3ccccc3C(=O)C2c2ccc(F)cc2)cc1. The summed E-state index contributed by atoms with van der Waals surface area (Å²) in [6, 6.07) is 22.9. The Bertz CT molecular complexity index is 1060. The maximum Gasteiger partial charge on any atom is 0.174 e. The Balaban J connectivity index is 1.54. The number of rotatable bonds is 3. The molecule has 1 fully saturated rings. The van der Waals surface area contributed by atoms with E-state index in [2.05, 4.69) is 41.5 Å². The van der Waals surface area contributed by atoms with Crippen LogP contribution >= 0.6 is 0 Å². The number of carbonyl (C=O) groups excluding carboxylic acids is 1. The Kier molecular flexibility index (Phi) is 4.87. The molecule has 0 radical (unpaired) electrons. The first-order chi connectivity index (χ1) is 14.6. The van der Waals surface area contributed by atoms with E-state index in [0.717, 1.165) is 23.4 Å². The Morgan fingerprint density at radius 3 is 2.27 bits per heavy atom. The number of fused-ring (bicyclic) bond motifs is 1. The Morgan fingerprint density at radius 1 is 0.900 bits per heavy atom. The predicted molar refractivity (Wildman–Crippen MR) is 117 cm³/mol. The normalized spacial score (nSPS) is 23.8. The molecule has 2 aliphatic rings. The standard InChI is InChI=1S/C26H25FN2O/c1-29-16-4-7-23(29)17-8-10-19(11-9-17)25-24(18-12-14-20(27)15-13-18)26(30)21-5-2-3-6-22(21)28-25/h2-3,5-6,8-15,23-25,28H,4,7,16H2,1H3. The fourth-order valence-corrected chi connectivity index (χ4v) is 4.94. The molecule has 5 rings (SSSR count). The lowest BCUT2D eigenvalue weighted by Crippen LogP contribution is -2.31. The van der Waals surface area contributed by atoms with Crippen molar-refractivity contribution < 1.29 is 9.18 Å².